The molecule has 66 valence electrons. The third-order valence-corrected chi connectivity index (χ3v) is 1.90. The van der Waals surface area contributed by atoms with E-state index in [0.29, 0.717) is 0 Å². The Balaban J connectivity index is 2.47. The topological polar surface area (TPSA) is 60.9 Å². The number of anilines is 1. The predicted molar refractivity (Wildman–Crippen MR) is 50.2 cm³/mol. The summed E-state index contributed by atoms with van der Waals surface area (Å²) < 4.78 is 1.52. The summed E-state index contributed by atoms with van der Waals surface area (Å²) in [5.41, 5.74) is 5.05. The van der Waals surface area contributed by atoms with E-state index in [9.17, 15) is 4.79 Å². The average molecular weight is 175 g/mol. The molecule has 0 saturated heterocycles. The smallest absolute Gasteiger partial charge is 0.350 e. The second-order valence-electron chi connectivity index (χ2n) is 2.80. The first-order valence-corrected chi connectivity index (χ1v) is 3.97. The van der Waals surface area contributed by atoms with Gasteiger partial charge in [-0.2, -0.15) is 4.98 Å². The Morgan fingerprint density at radius 3 is 2.69 bits per heavy atom. The summed E-state index contributed by atoms with van der Waals surface area (Å²) in [5, 5.41) is 0. The van der Waals surface area contributed by atoms with Crippen molar-refractivity contribution in [2.24, 2.45) is 0 Å². The summed E-state index contributed by atoms with van der Waals surface area (Å²) in [7, 11) is 0. The van der Waals surface area contributed by atoms with Gasteiger partial charge in [-0.25, -0.2) is 4.79 Å². The summed E-state index contributed by atoms with van der Waals surface area (Å²) in [4.78, 5) is 15.0. The van der Waals surface area contributed by atoms with Crippen LogP contribution in [0.3, 0.4) is 0 Å². The van der Waals surface area contributed by atoms with Crippen LogP contribution in [-0.4, -0.2) is 9.55 Å². The van der Waals surface area contributed by atoms with E-state index < -0.39 is 0 Å². The van der Waals surface area contributed by atoms with Crippen molar-refractivity contribution in [3.63, 3.8) is 0 Å². The van der Waals surface area contributed by atoms with Gasteiger partial charge in [-0.15, -0.1) is 0 Å². The highest BCUT2D eigenvalue weighted by Crippen LogP contribution is 2.12. The Morgan fingerprint density at radius 2 is 2.08 bits per heavy atom. The lowest BCUT2D eigenvalue weighted by molar-refractivity contribution is 0.673. The number of nitrogens with two attached hydrogens (primary N) is 1. The van der Waals surface area contributed by atoms with Crippen molar-refractivity contribution < 1.29 is 0 Å². The molecule has 0 fully saturated rings. The van der Waals surface area contributed by atoms with Gasteiger partial charge in [0, 0.05) is 6.20 Å². The van der Waals surface area contributed by atoms with Gasteiger partial charge >= 0.3 is 5.69 Å². The van der Waals surface area contributed by atoms with Gasteiger partial charge in [0.15, 0.2) is 0 Å². The zero-order valence-corrected chi connectivity index (χ0v) is 6.92. The number of rotatable bonds is 1. The number of hydrogen-bond donors (Lipinski definition) is 1. The second kappa shape index (κ2) is 2.90. The molecule has 1 aromatic rings. The van der Waals surface area contributed by atoms with Gasteiger partial charge in [0.25, 0.3) is 0 Å². The summed E-state index contributed by atoms with van der Waals surface area (Å²) in [6.07, 6.45) is 9.27. The van der Waals surface area contributed by atoms with E-state index in [-0.39, 0.29) is 17.5 Å². The lowest BCUT2D eigenvalue weighted by atomic mass is 10.3. The second-order valence-corrected chi connectivity index (χ2v) is 2.80. The Labute approximate surface area is 75.0 Å². The number of allylic oxidation sites excluding steroid dienone is 4. The molecular weight excluding hydrogens is 166 g/mol. The number of aromatic nitrogens is 2. The molecule has 0 saturated carbocycles. The lowest BCUT2D eigenvalue weighted by Crippen LogP contribution is -2.24. The molecule has 0 aromatic carbocycles. The fraction of sp³-hybridized carbons (Fsp3) is 0.111. The van der Waals surface area contributed by atoms with Gasteiger partial charge in [0.1, 0.15) is 5.82 Å². The molecule has 1 aliphatic rings. The van der Waals surface area contributed by atoms with Crippen molar-refractivity contribution >= 4 is 5.82 Å². The largest absolute Gasteiger partial charge is 0.383 e. The van der Waals surface area contributed by atoms with Crippen molar-refractivity contribution in [1.82, 2.24) is 9.55 Å². The van der Waals surface area contributed by atoms with Crippen LogP contribution in [0.25, 0.3) is 0 Å². The molecule has 0 aliphatic heterocycles. The molecule has 4 heteroatoms. The third-order valence-electron chi connectivity index (χ3n) is 1.90. The molecule has 0 spiro atoms. The van der Waals surface area contributed by atoms with E-state index in [1.807, 2.05) is 24.3 Å². The van der Waals surface area contributed by atoms with E-state index >= 15 is 0 Å². The van der Waals surface area contributed by atoms with E-state index in [2.05, 4.69) is 4.98 Å². The third kappa shape index (κ3) is 1.38. The molecule has 0 unspecified atom stereocenters. The summed E-state index contributed by atoms with van der Waals surface area (Å²) in [6.45, 7) is 0. The monoisotopic (exact) mass is 175 g/mol. The SMILES string of the molecule is Nc1ccn(C2C=CC=C2)c(=O)n1. The van der Waals surface area contributed by atoms with Crippen LogP contribution >= 0.6 is 0 Å². The Morgan fingerprint density at radius 1 is 1.38 bits per heavy atom. The van der Waals surface area contributed by atoms with Gasteiger partial charge in [-0.1, -0.05) is 24.3 Å². The van der Waals surface area contributed by atoms with Crippen molar-refractivity contribution in [1.29, 1.82) is 0 Å². The van der Waals surface area contributed by atoms with Gasteiger partial charge in [0.2, 0.25) is 0 Å². The summed E-state index contributed by atoms with van der Waals surface area (Å²) >= 11 is 0. The molecule has 0 amide bonds. The maximum Gasteiger partial charge on any atom is 0.350 e. The van der Waals surface area contributed by atoms with Crippen LogP contribution in [0.4, 0.5) is 5.82 Å². The fourth-order valence-electron chi connectivity index (χ4n) is 1.26. The molecular formula is C9H9N3O. The highest BCUT2D eigenvalue weighted by atomic mass is 16.1. The van der Waals surface area contributed by atoms with Crippen molar-refractivity contribution in [3.05, 3.63) is 47.1 Å². The van der Waals surface area contributed by atoms with Crippen LogP contribution in [0.2, 0.25) is 0 Å². The van der Waals surface area contributed by atoms with Gasteiger partial charge in [-0.05, 0) is 6.07 Å². The van der Waals surface area contributed by atoms with E-state index in [1.54, 1.807) is 12.3 Å². The standard InChI is InChI=1S/C9H9N3O/c10-8-5-6-12(9(13)11-8)7-3-1-2-4-7/h1-7H,(H2,10,11,13). The minimum Gasteiger partial charge on any atom is -0.383 e. The Bertz CT molecular complexity index is 419. The molecule has 0 atom stereocenters. The van der Waals surface area contributed by atoms with Gasteiger partial charge in [-0.3, -0.25) is 4.57 Å². The molecule has 4 nitrogen and oxygen atoms in total. The maximum absolute atomic E-state index is 11.3. The molecule has 1 aliphatic carbocycles. The van der Waals surface area contributed by atoms with E-state index in [0.717, 1.165) is 0 Å². The quantitative estimate of drug-likeness (QED) is 0.675. The summed E-state index contributed by atoms with van der Waals surface area (Å²) in [6, 6.07) is 1.60. The molecule has 1 aromatic heterocycles. The zero-order chi connectivity index (χ0) is 9.26. The first kappa shape index (κ1) is 7.79. The van der Waals surface area contributed by atoms with Crippen molar-refractivity contribution in [2.45, 2.75) is 6.04 Å². The predicted octanol–water partition coefficient (Wildman–Crippen LogP) is 0.493. The van der Waals surface area contributed by atoms with E-state index in [1.165, 1.54) is 4.57 Å². The Hall–Kier alpha value is -1.84. The van der Waals surface area contributed by atoms with Crippen LogP contribution in [0, 0.1) is 0 Å². The average Bonchev–Trinajstić information content (AvgIpc) is 2.56. The first-order valence-electron chi connectivity index (χ1n) is 3.97. The van der Waals surface area contributed by atoms with Gasteiger partial charge < -0.3 is 5.73 Å². The van der Waals surface area contributed by atoms with Crippen LogP contribution < -0.4 is 11.4 Å². The van der Waals surface area contributed by atoms with Crippen LogP contribution in [-0.2, 0) is 0 Å². The molecule has 0 radical (unpaired) electrons. The van der Waals surface area contributed by atoms with Crippen LogP contribution in [0.1, 0.15) is 6.04 Å². The molecule has 1 heterocycles. The normalized spacial score (nSPS) is 15.4. The lowest BCUT2D eigenvalue weighted by Gasteiger charge is -2.08. The molecule has 2 N–H and O–H groups in total. The molecule has 13 heavy (non-hydrogen) atoms. The molecule has 0 bridgehead atoms. The Kier molecular flexibility index (Phi) is 1.73. The highest BCUT2D eigenvalue weighted by molar-refractivity contribution is 5.26. The number of nitrogen functional groups attached to an aromatic ring is 1. The van der Waals surface area contributed by atoms with Crippen molar-refractivity contribution in [2.75, 3.05) is 5.73 Å². The van der Waals surface area contributed by atoms with E-state index in [4.69, 9.17) is 5.73 Å². The zero-order valence-electron chi connectivity index (χ0n) is 6.92. The number of hydrogen-bond acceptors (Lipinski definition) is 3. The van der Waals surface area contributed by atoms with Crippen molar-refractivity contribution in [3.8, 4) is 0 Å². The fourth-order valence-corrected chi connectivity index (χ4v) is 1.26. The minimum atomic E-state index is -0.318. The summed E-state index contributed by atoms with van der Waals surface area (Å²) in [5.74, 6) is 0.257. The van der Waals surface area contributed by atoms with Gasteiger partial charge in [0.05, 0.1) is 6.04 Å². The molecule has 2 rings (SSSR count). The number of nitrogens with zero attached hydrogens (tertiary/aromatic N) is 2. The van der Waals surface area contributed by atoms with Crippen LogP contribution in [0.15, 0.2) is 41.4 Å². The van der Waals surface area contributed by atoms with Crippen LogP contribution in [0.5, 0.6) is 0 Å². The minimum absolute atomic E-state index is 0.0133. The highest BCUT2D eigenvalue weighted by Gasteiger charge is 2.07. The first-order chi connectivity index (χ1) is 6.27. The maximum atomic E-state index is 11.3.